The van der Waals surface area contributed by atoms with Gasteiger partial charge < -0.3 is 14.2 Å². The quantitative estimate of drug-likeness (QED) is 0.512. The predicted octanol–water partition coefficient (Wildman–Crippen LogP) is 4.69. The molecule has 0 spiro atoms. The van der Waals surface area contributed by atoms with Gasteiger partial charge in [-0.15, -0.1) is 0 Å². The molecule has 0 saturated carbocycles. The van der Waals surface area contributed by atoms with Crippen molar-refractivity contribution < 1.29 is 19.0 Å². The SMILES string of the molecule is COc1cc(/C=N\NC(=O)c2ccc(OC(C)C)cc2)cc(Cl)c1OC(C)C. The Morgan fingerprint density at radius 1 is 1.07 bits per heavy atom. The molecule has 2 rings (SSSR count). The molecule has 0 saturated heterocycles. The van der Waals surface area contributed by atoms with E-state index in [1.54, 1.807) is 36.4 Å². The minimum atomic E-state index is -0.329. The summed E-state index contributed by atoms with van der Waals surface area (Å²) in [6.45, 7) is 7.69. The van der Waals surface area contributed by atoms with Gasteiger partial charge in [-0.1, -0.05) is 11.6 Å². The number of benzene rings is 2. The van der Waals surface area contributed by atoms with Crippen molar-refractivity contribution in [1.82, 2.24) is 5.43 Å². The van der Waals surface area contributed by atoms with Crippen molar-refractivity contribution in [3.05, 3.63) is 52.5 Å². The Labute approximate surface area is 170 Å². The summed E-state index contributed by atoms with van der Waals surface area (Å²) in [6, 6.07) is 10.3. The van der Waals surface area contributed by atoms with Crippen LogP contribution in [0, 0.1) is 0 Å². The number of carbonyl (C=O) groups excluding carboxylic acids is 1. The number of nitrogens with zero attached hydrogens (tertiary/aromatic N) is 1. The highest BCUT2D eigenvalue weighted by molar-refractivity contribution is 6.32. The van der Waals surface area contributed by atoms with Crippen LogP contribution in [0.3, 0.4) is 0 Å². The van der Waals surface area contributed by atoms with E-state index in [1.165, 1.54) is 13.3 Å². The molecular formula is C21H25ClN2O4. The molecule has 0 radical (unpaired) electrons. The van der Waals surface area contributed by atoms with E-state index >= 15 is 0 Å². The number of hydrogen-bond donors (Lipinski definition) is 1. The van der Waals surface area contributed by atoms with Crippen molar-refractivity contribution >= 4 is 23.7 Å². The topological polar surface area (TPSA) is 69.2 Å². The summed E-state index contributed by atoms with van der Waals surface area (Å²) in [5, 5.41) is 4.39. The van der Waals surface area contributed by atoms with E-state index in [1.807, 2.05) is 27.7 Å². The van der Waals surface area contributed by atoms with Gasteiger partial charge in [-0.25, -0.2) is 5.43 Å². The molecule has 1 N–H and O–H groups in total. The summed E-state index contributed by atoms with van der Waals surface area (Å²) in [6.07, 6.45) is 1.52. The molecule has 2 aromatic carbocycles. The Kier molecular flexibility index (Phi) is 7.70. The van der Waals surface area contributed by atoms with Gasteiger partial charge in [0.1, 0.15) is 5.75 Å². The van der Waals surface area contributed by atoms with E-state index in [-0.39, 0.29) is 18.1 Å². The van der Waals surface area contributed by atoms with Gasteiger partial charge in [0.15, 0.2) is 11.5 Å². The average Bonchev–Trinajstić information content (AvgIpc) is 2.63. The molecular weight excluding hydrogens is 380 g/mol. The van der Waals surface area contributed by atoms with Gasteiger partial charge in [0.2, 0.25) is 0 Å². The molecule has 0 atom stereocenters. The molecule has 150 valence electrons. The number of rotatable bonds is 8. The third-order valence-corrected chi connectivity index (χ3v) is 3.75. The standard InChI is InChI=1S/C21H25ClN2O4/c1-13(2)27-17-8-6-16(7-9-17)21(25)24-23-12-15-10-18(22)20(28-14(3)4)19(11-15)26-5/h6-14H,1-5H3,(H,24,25)/b23-12-. The molecule has 0 aliphatic heterocycles. The zero-order chi connectivity index (χ0) is 20.7. The first-order chi connectivity index (χ1) is 13.3. The second kappa shape index (κ2) is 9.99. The lowest BCUT2D eigenvalue weighted by Crippen LogP contribution is -2.17. The van der Waals surface area contributed by atoms with Crippen LogP contribution in [0.4, 0.5) is 0 Å². The second-order valence-corrected chi connectivity index (χ2v) is 7.00. The lowest BCUT2D eigenvalue weighted by Gasteiger charge is -2.15. The van der Waals surface area contributed by atoms with Crippen LogP contribution in [0.15, 0.2) is 41.5 Å². The summed E-state index contributed by atoms with van der Waals surface area (Å²) in [5.74, 6) is 1.35. The van der Waals surface area contributed by atoms with E-state index in [9.17, 15) is 4.79 Å². The van der Waals surface area contributed by atoms with E-state index in [2.05, 4.69) is 10.5 Å². The molecule has 0 bridgehead atoms. The summed E-state index contributed by atoms with van der Waals surface area (Å²) in [7, 11) is 1.54. The number of ether oxygens (including phenoxy) is 3. The number of methoxy groups -OCH3 is 1. The highest BCUT2D eigenvalue weighted by Gasteiger charge is 2.13. The molecule has 0 aromatic heterocycles. The van der Waals surface area contributed by atoms with E-state index in [4.69, 9.17) is 25.8 Å². The molecule has 28 heavy (non-hydrogen) atoms. The largest absolute Gasteiger partial charge is 0.493 e. The summed E-state index contributed by atoms with van der Waals surface area (Å²) >= 11 is 6.28. The Hall–Kier alpha value is -2.73. The van der Waals surface area contributed by atoms with Gasteiger partial charge in [0, 0.05) is 5.56 Å². The summed E-state index contributed by atoms with van der Waals surface area (Å²) in [4.78, 5) is 12.2. The van der Waals surface area contributed by atoms with Crippen molar-refractivity contribution in [2.24, 2.45) is 5.10 Å². The highest BCUT2D eigenvalue weighted by atomic mass is 35.5. The van der Waals surface area contributed by atoms with E-state index in [0.29, 0.717) is 33.4 Å². The summed E-state index contributed by atoms with van der Waals surface area (Å²) in [5.41, 5.74) is 3.63. The number of carbonyl (C=O) groups is 1. The second-order valence-electron chi connectivity index (χ2n) is 6.59. The Morgan fingerprint density at radius 3 is 2.29 bits per heavy atom. The predicted molar refractivity (Wildman–Crippen MR) is 111 cm³/mol. The minimum absolute atomic E-state index is 0.0393. The average molecular weight is 405 g/mol. The van der Waals surface area contributed by atoms with Gasteiger partial charge in [0.25, 0.3) is 5.91 Å². The van der Waals surface area contributed by atoms with E-state index in [0.717, 1.165) is 0 Å². The zero-order valence-corrected chi connectivity index (χ0v) is 17.4. The molecule has 0 fully saturated rings. The first kappa shape index (κ1) is 21.6. The van der Waals surface area contributed by atoms with Crippen LogP contribution in [0.1, 0.15) is 43.6 Å². The smallest absolute Gasteiger partial charge is 0.271 e. The molecule has 7 heteroatoms. The highest BCUT2D eigenvalue weighted by Crippen LogP contribution is 2.36. The fourth-order valence-corrected chi connectivity index (χ4v) is 2.62. The van der Waals surface area contributed by atoms with Crippen LogP contribution >= 0.6 is 11.6 Å². The number of hydrogen-bond acceptors (Lipinski definition) is 5. The molecule has 1 amide bonds. The van der Waals surface area contributed by atoms with Gasteiger partial charge in [-0.3, -0.25) is 4.79 Å². The first-order valence-corrected chi connectivity index (χ1v) is 9.32. The van der Waals surface area contributed by atoms with Crippen LogP contribution in [0.2, 0.25) is 5.02 Å². The fourth-order valence-electron chi connectivity index (χ4n) is 2.35. The van der Waals surface area contributed by atoms with Crippen molar-refractivity contribution in [2.75, 3.05) is 7.11 Å². The van der Waals surface area contributed by atoms with E-state index < -0.39 is 0 Å². The number of nitrogens with one attached hydrogen (secondary N) is 1. The summed E-state index contributed by atoms with van der Waals surface area (Å²) < 4.78 is 16.6. The van der Waals surface area contributed by atoms with Crippen molar-refractivity contribution in [1.29, 1.82) is 0 Å². The van der Waals surface area contributed by atoms with Gasteiger partial charge in [-0.2, -0.15) is 5.10 Å². The van der Waals surface area contributed by atoms with Crippen molar-refractivity contribution in [3.63, 3.8) is 0 Å². The number of hydrazone groups is 1. The minimum Gasteiger partial charge on any atom is -0.493 e. The van der Waals surface area contributed by atoms with Crippen molar-refractivity contribution in [2.45, 2.75) is 39.9 Å². The lowest BCUT2D eigenvalue weighted by atomic mass is 10.2. The maximum Gasteiger partial charge on any atom is 0.271 e. The van der Waals surface area contributed by atoms with Crippen molar-refractivity contribution in [3.8, 4) is 17.2 Å². The Balaban J connectivity index is 2.05. The molecule has 0 aliphatic carbocycles. The zero-order valence-electron chi connectivity index (χ0n) is 16.7. The van der Waals surface area contributed by atoms with Crippen LogP contribution in [0.25, 0.3) is 0 Å². The molecule has 0 heterocycles. The normalized spacial score (nSPS) is 11.1. The monoisotopic (exact) mass is 404 g/mol. The lowest BCUT2D eigenvalue weighted by molar-refractivity contribution is 0.0955. The molecule has 2 aromatic rings. The van der Waals surface area contributed by atoms with Crippen LogP contribution in [-0.2, 0) is 0 Å². The van der Waals surface area contributed by atoms with Gasteiger partial charge in [0.05, 0.1) is 30.6 Å². The Morgan fingerprint density at radius 2 is 1.71 bits per heavy atom. The molecule has 0 aliphatic rings. The third kappa shape index (κ3) is 6.16. The van der Waals surface area contributed by atoms with Gasteiger partial charge >= 0.3 is 0 Å². The molecule has 6 nitrogen and oxygen atoms in total. The third-order valence-electron chi connectivity index (χ3n) is 3.47. The first-order valence-electron chi connectivity index (χ1n) is 8.94. The molecule has 0 unspecified atom stereocenters. The Bertz CT molecular complexity index is 833. The fraction of sp³-hybridized carbons (Fsp3) is 0.333. The maximum absolute atomic E-state index is 12.2. The number of amides is 1. The van der Waals surface area contributed by atoms with Crippen LogP contribution in [0.5, 0.6) is 17.2 Å². The van der Waals surface area contributed by atoms with Crippen LogP contribution in [-0.4, -0.2) is 31.4 Å². The van der Waals surface area contributed by atoms with Crippen LogP contribution < -0.4 is 19.6 Å². The maximum atomic E-state index is 12.2. The number of halogens is 1. The van der Waals surface area contributed by atoms with Gasteiger partial charge in [-0.05, 0) is 69.7 Å².